The molecule has 2 N–H and O–H groups in total. The first-order valence-corrected chi connectivity index (χ1v) is 8.20. The Morgan fingerprint density at radius 2 is 2.26 bits per heavy atom. The average Bonchev–Trinajstić information content (AvgIpc) is 3.00. The minimum atomic E-state index is 0. The third-order valence-corrected chi connectivity index (χ3v) is 4.29. The number of anilines is 1. The van der Waals surface area contributed by atoms with Gasteiger partial charge in [-0.3, -0.25) is 0 Å². The number of ether oxygens (including phenoxy) is 2. The molecule has 130 valence electrons. The van der Waals surface area contributed by atoms with Crippen LogP contribution in [0, 0.1) is 0 Å². The molecule has 1 aromatic rings. The molecule has 0 aliphatic carbocycles. The maximum atomic E-state index is 5.95. The van der Waals surface area contributed by atoms with E-state index in [0.717, 1.165) is 58.0 Å². The van der Waals surface area contributed by atoms with Crippen LogP contribution in [-0.4, -0.2) is 57.9 Å². The minimum Gasteiger partial charge on any atom is -0.492 e. The second-order valence-electron chi connectivity index (χ2n) is 6.39. The fourth-order valence-electron chi connectivity index (χ4n) is 3.00. The van der Waals surface area contributed by atoms with E-state index in [9.17, 15) is 0 Å². The summed E-state index contributed by atoms with van der Waals surface area (Å²) >= 11 is 0. The summed E-state index contributed by atoms with van der Waals surface area (Å²) in [7, 11) is 4.13. The van der Waals surface area contributed by atoms with Gasteiger partial charge in [0.25, 0.3) is 0 Å². The van der Waals surface area contributed by atoms with Crippen LogP contribution >= 0.6 is 12.4 Å². The van der Waals surface area contributed by atoms with E-state index >= 15 is 0 Å². The zero-order valence-corrected chi connectivity index (χ0v) is 14.9. The maximum Gasteiger partial charge on any atom is 0.121 e. The third-order valence-electron chi connectivity index (χ3n) is 4.29. The van der Waals surface area contributed by atoms with Crippen LogP contribution in [0.2, 0.25) is 0 Å². The molecule has 0 bridgehead atoms. The van der Waals surface area contributed by atoms with Gasteiger partial charge in [0, 0.05) is 31.5 Å². The summed E-state index contributed by atoms with van der Waals surface area (Å²) in [6.07, 6.45) is 2.14. The lowest BCUT2D eigenvalue weighted by Crippen LogP contribution is -2.27. The zero-order valence-electron chi connectivity index (χ0n) is 14.1. The monoisotopic (exact) mass is 341 g/mol. The molecular weight excluding hydrogens is 314 g/mol. The maximum absolute atomic E-state index is 5.95. The average molecular weight is 342 g/mol. The number of hydrogen-bond donors (Lipinski definition) is 2. The van der Waals surface area contributed by atoms with Crippen molar-refractivity contribution in [2.45, 2.75) is 25.4 Å². The predicted octanol–water partition coefficient (Wildman–Crippen LogP) is 1.90. The number of fused-ring (bicyclic) bond motifs is 1. The molecule has 1 saturated heterocycles. The smallest absolute Gasteiger partial charge is 0.121 e. The number of halogens is 1. The summed E-state index contributed by atoms with van der Waals surface area (Å²) in [5.41, 5.74) is 4.00. The van der Waals surface area contributed by atoms with Crippen LogP contribution in [0.3, 0.4) is 0 Å². The first kappa shape index (κ1) is 18.3. The summed E-state index contributed by atoms with van der Waals surface area (Å²) in [5, 5.41) is 7.12. The topological polar surface area (TPSA) is 45.8 Å². The van der Waals surface area contributed by atoms with E-state index in [2.05, 4.69) is 41.8 Å². The fraction of sp³-hybridized carbons (Fsp3) is 0.647. The summed E-state index contributed by atoms with van der Waals surface area (Å²) in [4.78, 5) is 2.14. The van der Waals surface area contributed by atoms with E-state index in [0.29, 0.717) is 6.04 Å². The van der Waals surface area contributed by atoms with Crippen LogP contribution in [0.1, 0.15) is 17.5 Å². The van der Waals surface area contributed by atoms with Gasteiger partial charge in [-0.25, -0.2) is 0 Å². The molecule has 0 spiro atoms. The van der Waals surface area contributed by atoms with Crippen LogP contribution in [0.5, 0.6) is 5.75 Å². The Balaban J connectivity index is 0.00000192. The number of nitrogens with zero attached hydrogens (tertiary/aromatic N) is 1. The molecule has 3 rings (SSSR count). The van der Waals surface area contributed by atoms with E-state index in [1.54, 1.807) is 0 Å². The van der Waals surface area contributed by atoms with Crippen molar-refractivity contribution in [3.63, 3.8) is 0 Å². The van der Waals surface area contributed by atoms with Crippen LogP contribution in [0.4, 0.5) is 5.69 Å². The molecule has 0 saturated carbocycles. The number of rotatable bonds is 6. The van der Waals surface area contributed by atoms with Gasteiger partial charge < -0.3 is 25.0 Å². The van der Waals surface area contributed by atoms with Crippen LogP contribution in [0.15, 0.2) is 12.1 Å². The van der Waals surface area contributed by atoms with Gasteiger partial charge in [0.15, 0.2) is 0 Å². The van der Waals surface area contributed by atoms with Crippen LogP contribution < -0.4 is 15.4 Å². The van der Waals surface area contributed by atoms with E-state index < -0.39 is 0 Å². The van der Waals surface area contributed by atoms with E-state index in [4.69, 9.17) is 9.47 Å². The highest BCUT2D eigenvalue weighted by Gasteiger charge is 2.20. The Morgan fingerprint density at radius 3 is 3.00 bits per heavy atom. The molecule has 1 aromatic carbocycles. The molecule has 0 radical (unpaired) electrons. The summed E-state index contributed by atoms with van der Waals surface area (Å²) in [6.45, 7) is 5.28. The van der Waals surface area contributed by atoms with Crippen LogP contribution in [0.25, 0.3) is 0 Å². The molecule has 2 aliphatic rings. The number of hydrogen-bond acceptors (Lipinski definition) is 5. The molecule has 2 aliphatic heterocycles. The Bertz CT molecular complexity index is 505. The molecule has 1 atom stereocenters. The van der Waals surface area contributed by atoms with Gasteiger partial charge in [0.2, 0.25) is 0 Å². The molecule has 0 amide bonds. The summed E-state index contributed by atoms with van der Waals surface area (Å²) < 4.78 is 11.4. The highest BCUT2D eigenvalue weighted by atomic mass is 35.5. The van der Waals surface area contributed by atoms with Crippen molar-refractivity contribution < 1.29 is 9.47 Å². The number of nitrogens with one attached hydrogen (secondary N) is 2. The molecular formula is C17H28ClN3O2. The van der Waals surface area contributed by atoms with E-state index in [-0.39, 0.29) is 12.4 Å². The predicted molar refractivity (Wildman–Crippen MR) is 96.0 cm³/mol. The largest absolute Gasteiger partial charge is 0.492 e. The lowest BCUT2D eigenvalue weighted by atomic mass is 9.98. The van der Waals surface area contributed by atoms with E-state index in [1.807, 2.05) is 0 Å². The highest BCUT2D eigenvalue weighted by Crippen LogP contribution is 2.30. The number of benzene rings is 1. The Morgan fingerprint density at radius 1 is 1.39 bits per heavy atom. The lowest BCUT2D eigenvalue weighted by molar-refractivity contribution is 0.195. The van der Waals surface area contributed by atoms with Gasteiger partial charge in [-0.15, -0.1) is 12.4 Å². The van der Waals surface area contributed by atoms with E-state index in [1.165, 1.54) is 16.8 Å². The normalized spacial score (nSPS) is 20.0. The van der Waals surface area contributed by atoms with Gasteiger partial charge in [-0.1, -0.05) is 0 Å². The second-order valence-corrected chi connectivity index (χ2v) is 6.39. The molecule has 6 heteroatoms. The van der Waals surface area contributed by atoms with Crippen molar-refractivity contribution in [3.8, 4) is 5.75 Å². The van der Waals surface area contributed by atoms with Gasteiger partial charge >= 0.3 is 0 Å². The second kappa shape index (κ2) is 8.73. The molecule has 23 heavy (non-hydrogen) atoms. The molecule has 2 heterocycles. The Labute approximate surface area is 145 Å². The Kier molecular flexibility index (Phi) is 6.96. The van der Waals surface area contributed by atoms with Gasteiger partial charge in [-0.2, -0.15) is 0 Å². The van der Waals surface area contributed by atoms with Gasteiger partial charge in [-0.05, 0) is 50.7 Å². The van der Waals surface area contributed by atoms with Crippen molar-refractivity contribution in [1.82, 2.24) is 10.2 Å². The standard InChI is InChI=1S/C17H27N3O2.ClH/c1-20(2)6-8-22-15-9-13-3-5-18-11-16(13)17(10-15)19-14-4-7-21-12-14;/h9-10,14,18-19H,3-8,11-12H2,1-2H3;1H. The Hall–Kier alpha value is -1.01. The summed E-state index contributed by atoms with van der Waals surface area (Å²) in [5.74, 6) is 0.976. The fourth-order valence-corrected chi connectivity index (χ4v) is 3.00. The van der Waals surface area contributed by atoms with Gasteiger partial charge in [0.05, 0.1) is 12.6 Å². The van der Waals surface area contributed by atoms with Crippen molar-refractivity contribution in [3.05, 3.63) is 23.3 Å². The minimum absolute atomic E-state index is 0. The zero-order chi connectivity index (χ0) is 15.4. The van der Waals surface area contributed by atoms with Crippen molar-refractivity contribution in [2.75, 3.05) is 52.3 Å². The van der Waals surface area contributed by atoms with Crippen molar-refractivity contribution in [1.29, 1.82) is 0 Å². The third kappa shape index (κ3) is 4.98. The molecule has 5 nitrogen and oxygen atoms in total. The molecule has 1 unspecified atom stereocenters. The van der Waals surface area contributed by atoms with Crippen molar-refractivity contribution >= 4 is 18.1 Å². The number of likely N-dealkylation sites (N-methyl/N-ethyl adjacent to an activating group) is 1. The van der Waals surface area contributed by atoms with Crippen LogP contribution in [-0.2, 0) is 17.7 Å². The summed E-state index contributed by atoms with van der Waals surface area (Å²) in [6, 6.07) is 4.78. The molecule has 0 aromatic heterocycles. The quantitative estimate of drug-likeness (QED) is 0.827. The SMILES string of the molecule is CN(C)CCOc1cc2c(c(NC3CCOC3)c1)CNCC2.Cl. The van der Waals surface area contributed by atoms with Gasteiger partial charge in [0.1, 0.15) is 12.4 Å². The highest BCUT2D eigenvalue weighted by molar-refractivity contribution is 5.85. The lowest BCUT2D eigenvalue weighted by Gasteiger charge is -2.24. The van der Waals surface area contributed by atoms with Crippen molar-refractivity contribution in [2.24, 2.45) is 0 Å². The first-order chi connectivity index (χ1) is 10.7. The molecule has 1 fully saturated rings. The first-order valence-electron chi connectivity index (χ1n) is 8.20.